The zero-order valence-corrected chi connectivity index (χ0v) is 18.9. The predicted molar refractivity (Wildman–Crippen MR) is 105 cm³/mol. The zero-order chi connectivity index (χ0) is 19.4. The normalized spacial score (nSPS) is 10.4. The van der Waals surface area contributed by atoms with E-state index in [0.29, 0.717) is 23.2 Å². The summed E-state index contributed by atoms with van der Waals surface area (Å²) >= 11 is 6.24. The van der Waals surface area contributed by atoms with E-state index in [1.165, 1.54) is 6.07 Å². The molecule has 4 nitrogen and oxygen atoms in total. The van der Waals surface area contributed by atoms with Gasteiger partial charge in [0.15, 0.2) is 0 Å². The molecule has 0 aliphatic rings. The van der Waals surface area contributed by atoms with Gasteiger partial charge in [-0.05, 0) is 41.8 Å². The number of carboxylic acids is 1. The average molecular weight is 404 g/mol. The molecule has 3 rings (SSSR count). The molecule has 0 aliphatic heterocycles. The first-order valence-corrected chi connectivity index (χ1v) is 9.04. The van der Waals surface area contributed by atoms with Crippen LogP contribution in [0, 0.1) is 5.92 Å². The maximum atomic E-state index is 11.2. The second-order valence-corrected chi connectivity index (χ2v) is 7.02. The molecule has 0 saturated heterocycles. The molecule has 1 heterocycles. The molecule has 0 N–H and O–H groups in total. The van der Waals surface area contributed by atoms with Crippen LogP contribution in [-0.2, 0) is 0 Å². The Balaban J connectivity index is 0.00000280. The number of hydrogen-bond donors (Lipinski definition) is 0. The molecule has 0 atom stereocenters. The number of carbonyl (C=O) groups excluding carboxylic acids is 1. The molecule has 0 spiro atoms. The smallest absolute Gasteiger partial charge is 0.543 e. The van der Waals surface area contributed by atoms with Gasteiger partial charge in [-0.2, -0.15) is 0 Å². The Hall–Kier alpha value is -1.85. The SMILES string of the molecule is CC(C)COc1ccc(Cl)cc1-c1ccccc1-c1cccc(C(=O)[O-])n1.[Na+]. The van der Waals surface area contributed by atoms with Gasteiger partial charge >= 0.3 is 29.6 Å². The molecule has 138 valence electrons. The van der Waals surface area contributed by atoms with E-state index in [1.807, 2.05) is 36.4 Å². The van der Waals surface area contributed by atoms with E-state index in [2.05, 4.69) is 18.8 Å². The Bertz CT molecular complexity index is 976. The monoisotopic (exact) mass is 403 g/mol. The molecule has 0 fully saturated rings. The second kappa shape index (κ2) is 10.1. The third-order valence-corrected chi connectivity index (χ3v) is 4.20. The maximum Gasteiger partial charge on any atom is 1.00 e. The fourth-order valence-corrected chi connectivity index (χ4v) is 2.91. The van der Waals surface area contributed by atoms with Gasteiger partial charge in [-0.1, -0.05) is 55.8 Å². The van der Waals surface area contributed by atoms with Crippen LogP contribution in [-0.4, -0.2) is 17.6 Å². The summed E-state index contributed by atoms with van der Waals surface area (Å²) in [6.45, 7) is 4.74. The molecule has 6 heteroatoms. The Labute approximate surface area is 191 Å². The standard InChI is InChI=1S/C22H20ClNO3.Na/c1-14(2)13-27-21-11-10-15(23)12-18(21)16-6-3-4-7-17(16)19-8-5-9-20(24-19)22(25)26;/h3-12,14H,13H2,1-2H3,(H,25,26);/q;+1/p-1. The van der Waals surface area contributed by atoms with Gasteiger partial charge in [0.05, 0.1) is 24.0 Å². The van der Waals surface area contributed by atoms with Crippen molar-refractivity contribution in [1.82, 2.24) is 4.98 Å². The summed E-state index contributed by atoms with van der Waals surface area (Å²) in [6, 6.07) is 17.9. The Morgan fingerprint density at radius 1 is 1.04 bits per heavy atom. The number of nitrogens with zero attached hydrogens (tertiary/aromatic N) is 1. The fraction of sp³-hybridized carbons (Fsp3) is 0.182. The van der Waals surface area contributed by atoms with Gasteiger partial charge < -0.3 is 14.6 Å². The quantitative estimate of drug-likeness (QED) is 0.585. The van der Waals surface area contributed by atoms with Crippen LogP contribution in [0.25, 0.3) is 22.4 Å². The van der Waals surface area contributed by atoms with E-state index in [4.69, 9.17) is 16.3 Å². The molecule has 1 aromatic heterocycles. The van der Waals surface area contributed by atoms with Crippen LogP contribution in [0.1, 0.15) is 24.3 Å². The molecule has 0 bridgehead atoms. The van der Waals surface area contributed by atoms with Gasteiger partial charge in [0.2, 0.25) is 0 Å². The zero-order valence-electron chi connectivity index (χ0n) is 16.1. The molecule has 0 amide bonds. The summed E-state index contributed by atoms with van der Waals surface area (Å²) in [5.41, 5.74) is 2.92. The number of aromatic carboxylic acids is 1. The summed E-state index contributed by atoms with van der Waals surface area (Å²) < 4.78 is 5.98. The second-order valence-electron chi connectivity index (χ2n) is 6.59. The van der Waals surface area contributed by atoms with Gasteiger partial charge in [-0.3, -0.25) is 0 Å². The summed E-state index contributed by atoms with van der Waals surface area (Å²) in [7, 11) is 0. The predicted octanol–water partition coefficient (Wildman–Crippen LogP) is 1.47. The fourth-order valence-electron chi connectivity index (χ4n) is 2.73. The Kier molecular flexibility index (Phi) is 8.08. The maximum absolute atomic E-state index is 11.2. The summed E-state index contributed by atoms with van der Waals surface area (Å²) in [6.07, 6.45) is 0. The summed E-state index contributed by atoms with van der Waals surface area (Å²) in [4.78, 5) is 15.4. The first-order valence-electron chi connectivity index (χ1n) is 8.66. The van der Waals surface area contributed by atoms with Crippen molar-refractivity contribution < 1.29 is 44.2 Å². The van der Waals surface area contributed by atoms with E-state index in [-0.39, 0.29) is 35.3 Å². The van der Waals surface area contributed by atoms with E-state index in [9.17, 15) is 9.90 Å². The average Bonchev–Trinajstić information content (AvgIpc) is 2.67. The van der Waals surface area contributed by atoms with E-state index in [0.717, 1.165) is 22.4 Å². The van der Waals surface area contributed by atoms with Crippen LogP contribution in [0.4, 0.5) is 0 Å². The van der Waals surface area contributed by atoms with Crippen LogP contribution < -0.4 is 39.4 Å². The number of benzene rings is 2. The first kappa shape index (κ1) is 22.4. The summed E-state index contributed by atoms with van der Waals surface area (Å²) in [5.74, 6) is -0.208. The van der Waals surface area contributed by atoms with E-state index >= 15 is 0 Å². The molecule has 28 heavy (non-hydrogen) atoms. The van der Waals surface area contributed by atoms with Gasteiger partial charge in [-0.25, -0.2) is 4.98 Å². The molecule has 0 aliphatic carbocycles. The van der Waals surface area contributed by atoms with Crippen molar-refractivity contribution in [3.05, 3.63) is 71.4 Å². The summed E-state index contributed by atoms with van der Waals surface area (Å²) in [5, 5.41) is 11.8. The van der Waals surface area contributed by atoms with Gasteiger partial charge in [0.1, 0.15) is 5.75 Å². The van der Waals surface area contributed by atoms with Crippen LogP contribution in [0.3, 0.4) is 0 Å². The first-order chi connectivity index (χ1) is 13.0. The molecule has 0 radical (unpaired) electrons. The number of pyridine rings is 1. The Morgan fingerprint density at radius 2 is 1.75 bits per heavy atom. The van der Waals surface area contributed by atoms with Crippen molar-refractivity contribution in [3.8, 4) is 28.1 Å². The number of rotatable bonds is 6. The minimum absolute atomic E-state index is 0. The minimum atomic E-state index is -1.31. The van der Waals surface area contributed by atoms with Gasteiger partial charge in [-0.15, -0.1) is 0 Å². The third kappa shape index (κ3) is 5.36. The number of hydrogen-bond acceptors (Lipinski definition) is 4. The molecule has 2 aromatic carbocycles. The van der Waals surface area contributed by atoms with Crippen molar-refractivity contribution in [1.29, 1.82) is 0 Å². The van der Waals surface area contributed by atoms with E-state index in [1.54, 1.807) is 18.2 Å². The van der Waals surface area contributed by atoms with Crippen LogP contribution in [0.15, 0.2) is 60.7 Å². The van der Waals surface area contributed by atoms with Crippen LogP contribution in [0.5, 0.6) is 5.75 Å². The minimum Gasteiger partial charge on any atom is -0.543 e. The van der Waals surface area contributed by atoms with Crippen LogP contribution in [0.2, 0.25) is 5.02 Å². The van der Waals surface area contributed by atoms with E-state index < -0.39 is 5.97 Å². The third-order valence-electron chi connectivity index (χ3n) is 3.97. The molecule has 0 saturated carbocycles. The molecular weight excluding hydrogens is 385 g/mol. The Morgan fingerprint density at radius 3 is 2.43 bits per heavy atom. The van der Waals surface area contributed by atoms with Crippen LogP contribution >= 0.6 is 11.6 Å². The largest absolute Gasteiger partial charge is 1.00 e. The van der Waals surface area contributed by atoms with Crippen molar-refractivity contribution in [2.24, 2.45) is 5.92 Å². The van der Waals surface area contributed by atoms with Crippen molar-refractivity contribution >= 4 is 17.6 Å². The number of halogens is 1. The van der Waals surface area contributed by atoms with Crippen molar-refractivity contribution in [3.63, 3.8) is 0 Å². The molecule has 0 unspecified atom stereocenters. The number of carboxylic acid groups (broad SMARTS) is 1. The van der Waals surface area contributed by atoms with Crippen molar-refractivity contribution in [2.45, 2.75) is 13.8 Å². The molecule has 3 aromatic rings. The van der Waals surface area contributed by atoms with Gasteiger partial charge in [0, 0.05) is 16.1 Å². The number of aromatic nitrogens is 1. The molecular formula is C22H19ClNNaO3. The van der Waals surface area contributed by atoms with Gasteiger partial charge in [0.25, 0.3) is 0 Å². The number of ether oxygens (including phenoxy) is 1. The van der Waals surface area contributed by atoms with Crippen molar-refractivity contribution in [2.75, 3.05) is 6.61 Å². The topological polar surface area (TPSA) is 62.2 Å². The number of carbonyl (C=O) groups is 1.